The molecule has 0 saturated heterocycles. The van der Waals surface area contributed by atoms with Crippen LogP contribution in [0.2, 0.25) is 0 Å². The van der Waals surface area contributed by atoms with Crippen molar-refractivity contribution in [2.75, 3.05) is 9.80 Å². The number of fused-ring (bicyclic) bond motifs is 6. The molecule has 4 nitrogen and oxygen atoms in total. The zero-order valence-electron chi connectivity index (χ0n) is 27.0. The molecule has 0 fully saturated rings. The van der Waals surface area contributed by atoms with Gasteiger partial charge in [-0.2, -0.15) is 22.8 Å². The number of anilines is 4. The number of hydrogen-bond acceptors (Lipinski definition) is 6. The van der Waals surface area contributed by atoms with Crippen molar-refractivity contribution in [2.24, 2.45) is 0 Å². The summed E-state index contributed by atoms with van der Waals surface area (Å²) in [5.41, 5.74) is 7.47. The fraction of sp³-hybridized carbons (Fsp3) is 0.0952. The zero-order valence-corrected chi connectivity index (χ0v) is 30.9. The summed E-state index contributed by atoms with van der Waals surface area (Å²) >= 11 is 3.39. The Hall–Kier alpha value is -4.48. The van der Waals surface area contributed by atoms with Crippen molar-refractivity contribution < 1.29 is 25.8 Å². The van der Waals surface area contributed by atoms with E-state index in [9.17, 15) is 0 Å². The first-order valence-electron chi connectivity index (χ1n) is 15.9. The van der Waals surface area contributed by atoms with Gasteiger partial charge in [-0.1, -0.05) is 72.8 Å². The molecule has 0 N–H and O–H groups in total. The first-order valence-corrected chi connectivity index (χ1v) is 17.6. The first-order chi connectivity index (χ1) is 23.4. The largest absolute Gasteiger partial charge is 0.493 e. The average molecular weight is 852 g/mol. The predicted molar refractivity (Wildman–Crippen MR) is 202 cm³/mol. The third kappa shape index (κ3) is 5.62. The molecule has 0 bridgehead atoms. The number of aromatic nitrogens is 1. The van der Waals surface area contributed by atoms with Crippen LogP contribution in [-0.4, -0.2) is 4.98 Å². The maximum Gasteiger partial charge on any atom is 0.107 e. The van der Waals surface area contributed by atoms with Crippen LogP contribution in [0.1, 0.15) is 26.3 Å². The van der Waals surface area contributed by atoms with Crippen molar-refractivity contribution in [1.82, 2.24) is 4.98 Å². The number of thiophene rings is 2. The quantitative estimate of drug-likeness (QED) is 0.161. The summed E-state index contributed by atoms with van der Waals surface area (Å²) in [6, 6.07) is 45.4. The fourth-order valence-electron chi connectivity index (χ4n) is 6.47. The van der Waals surface area contributed by atoms with E-state index in [2.05, 4.69) is 146 Å². The fourth-order valence-corrected chi connectivity index (χ4v) is 8.29. The maximum atomic E-state index is 6.59. The molecule has 0 radical (unpaired) electrons. The molecule has 8 aromatic rings. The number of hydrogen-bond donors (Lipinski definition) is 0. The molecule has 1 aliphatic rings. The van der Waals surface area contributed by atoms with Crippen LogP contribution >= 0.6 is 22.7 Å². The summed E-state index contributed by atoms with van der Waals surface area (Å²) in [7, 11) is 0. The van der Waals surface area contributed by atoms with Gasteiger partial charge in [-0.25, -0.2) is 0 Å². The van der Waals surface area contributed by atoms with Crippen LogP contribution in [-0.2, 0) is 26.5 Å². The normalized spacial score (nSPS) is 12.9. The second-order valence-corrected chi connectivity index (χ2v) is 14.9. The van der Waals surface area contributed by atoms with Gasteiger partial charge < -0.3 is 14.5 Å². The number of benzene rings is 5. The molecule has 7 heteroatoms. The minimum absolute atomic E-state index is 0. The van der Waals surface area contributed by atoms with Gasteiger partial charge in [0.25, 0.3) is 0 Å². The van der Waals surface area contributed by atoms with Crippen LogP contribution in [0.15, 0.2) is 121 Å². The molecular weight excluding hydrogens is 822 g/mol. The van der Waals surface area contributed by atoms with E-state index in [-0.39, 0.29) is 26.5 Å². The third-order valence-corrected chi connectivity index (χ3v) is 10.8. The Bertz CT molecular complexity index is 2480. The Kier molecular flexibility index (Phi) is 8.07. The minimum Gasteiger partial charge on any atom is -0.493 e. The second kappa shape index (κ2) is 12.4. The SMILES string of the molecule is CC(C)(C)c1ccnc(-c2cc3c4ccsc4ccc3c3sc(Oc4[c-]c(N5[CH-]N(c6ccccc6)c6ccccc65)ccc4)[c-]c23)c1.[Pt]. The van der Waals surface area contributed by atoms with E-state index in [1.165, 1.54) is 26.4 Å². The Labute approximate surface area is 308 Å². The molecule has 4 heterocycles. The topological polar surface area (TPSA) is 28.6 Å². The third-order valence-electron chi connectivity index (χ3n) is 8.91. The van der Waals surface area contributed by atoms with Crippen molar-refractivity contribution in [2.45, 2.75) is 26.2 Å². The standard InChI is InChI=1S/C42H30N3OS2.Pt/c1-42(2,3)27-18-20-43-36(22-27)34-24-33-31-19-21-47-39(31)17-16-32(33)41-35(34)25-40(48-41)46-30-13-9-12-29(23-30)45-26-44(28-10-5-4-6-11-28)37-14-7-8-15-38(37)45;/h4-22,24,26H,1-3H3;/q-3;. The maximum absolute atomic E-state index is 6.59. The van der Waals surface area contributed by atoms with Crippen molar-refractivity contribution in [3.8, 4) is 22.1 Å². The average Bonchev–Trinajstić information content (AvgIpc) is 3.85. The molecule has 49 heavy (non-hydrogen) atoms. The van der Waals surface area contributed by atoms with Crippen LogP contribution in [0, 0.1) is 18.8 Å². The molecule has 244 valence electrons. The van der Waals surface area contributed by atoms with Crippen molar-refractivity contribution >= 4 is 76.4 Å². The van der Waals surface area contributed by atoms with E-state index >= 15 is 0 Å². The van der Waals surface area contributed by atoms with E-state index in [4.69, 9.17) is 9.72 Å². The molecule has 5 aromatic carbocycles. The molecule has 0 aliphatic carbocycles. The number of rotatable bonds is 5. The van der Waals surface area contributed by atoms with E-state index in [0.717, 1.165) is 44.1 Å². The minimum atomic E-state index is 0. The Morgan fingerprint density at radius 2 is 1.55 bits per heavy atom. The molecule has 0 amide bonds. The van der Waals surface area contributed by atoms with Crippen LogP contribution < -0.4 is 14.5 Å². The van der Waals surface area contributed by atoms with Gasteiger partial charge in [0.2, 0.25) is 0 Å². The van der Waals surface area contributed by atoms with E-state index < -0.39 is 0 Å². The molecule has 0 spiro atoms. The van der Waals surface area contributed by atoms with Crippen molar-refractivity contribution in [3.05, 3.63) is 145 Å². The Balaban J connectivity index is 0.00000348. The second-order valence-electron chi connectivity index (χ2n) is 13.0. The molecular formula is C42H30N3OPtS2-3. The van der Waals surface area contributed by atoms with E-state index in [1.54, 1.807) is 22.7 Å². The van der Waals surface area contributed by atoms with E-state index in [0.29, 0.717) is 10.8 Å². The van der Waals surface area contributed by atoms with Crippen molar-refractivity contribution in [1.29, 1.82) is 0 Å². The first kappa shape index (κ1) is 31.8. The van der Waals surface area contributed by atoms with Crippen LogP contribution in [0.25, 0.3) is 42.2 Å². The Morgan fingerprint density at radius 1 is 0.755 bits per heavy atom. The molecule has 0 atom stereocenters. The summed E-state index contributed by atoms with van der Waals surface area (Å²) in [5.74, 6) is 0.637. The molecule has 3 aromatic heterocycles. The van der Waals surface area contributed by atoms with Gasteiger partial charge in [0.1, 0.15) is 5.06 Å². The molecule has 1 aliphatic heterocycles. The predicted octanol–water partition coefficient (Wildman–Crippen LogP) is 12.4. The number of para-hydroxylation sites is 3. The molecule has 0 saturated carbocycles. The monoisotopic (exact) mass is 851 g/mol. The van der Waals surface area contributed by atoms with Gasteiger partial charge in [-0.05, 0) is 75.7 Å². The molecule has 0 unspecified atom stereocenters. The summed E-state index contributed by atoms with van der Waals surface area (Å²) in [5, 5.41) is 7.56. The molecule has 9 rings (SSSR count). The van der Waals surface area contributed by atoms with Crippen LogP contribution in [0.3, 0.4) is 0 Å². The van der Waals surface area contributed by atoms with Gasteiger partial charge in [-0.3, -0.25) is 4.98 Å². The number of nitrogens with zero attached hydrogens (tertiary/aromatic N) is 3. The van der Waals surface area contributed by atoms with Crippen molar-refractivity contribution in [3.63, 3.8) is 0 Å². The van der Waals surface area contributed by atoms with E-state index in [1.807, 2.05) is 24.4 Å². The summed E-state index contributed by atoms with van der Waals surface area (Å²) in [4.78, 5) is 9.24. The van der Waals surface area contributed by atoms with Crippen LogP contribution in [0.5, 0.6) is 10.8 Å². The zero-order chi connectivity index (χ0) is 32.4. The van der Waals surface area contributed by atoms with Gasteiger partial charge in [0.05, 0.1) is 0 Å². The van der Waals surface area contributed by atoms with Gasteiger partial charge in [0, 0.05) is 60.5 Å². The summed E-state index contributed by atoms with van der Waals surface area (Å²) < 4.78 is 9.01. The summed E-state index contributed by atoms with van der Waals surface area (Å²) in [6.07, 6.45) is 1.92. The van der Waals surface area contributed by atoms with Gasteiger partial charge >= 0.3 is 0 Å². The smallest absolute Gasteiger partial charge is 0.107 e. The van der Waals surface area contributed by atoms with Crippen LogP contribution in [0.4, 0.5) is 22.7 Å². The number of pyridine rings is 1. The summed E-state index contributed by atoms with van der Waals surface area (Å²) in [6.45, 7) is 8.83. The number of ether oxygens (including phenoxy) is 1. The van der Waals surface area contributed by atoms with Gasteiger partial charge in [-0.15, -0.1) is 54.0 Å². The Morgan fingerprint density at radius 3 is 2.37 bits per heavy atom. The van der Waals surface area contributed by atoms with Gasteiger partial charge in [0.15, 0.2) is 0 Å².